The first-order valence-corrected chi connectivity index (χ1v) is 7.55. The average molecular weight is 249 g/mol. The van der Waals surface area contributed by atoms with Gasteiger partial charge in [0.1, 0.15) is 5.54 Å². The number of rotatable bonds is 6. The molecule has 0 aromatic heterocycles. The number of nitrogens with zero attached hydrogens (tertiary/aromatic N) is 2. The normalized spacial score (nSPS) is 32.4. The van der Waals surface area contributed by atoms with Crippen LogP contribution in [0.25, 0.3) is 0 Å². The first-order chi connectivity index (χ1) is 8.69. The van der Waals surface area contributed by atoms with E-state index in [0.717, 1.165) is 31.7 Å². The Bertz CT molecular complexity index is 305. The topological polar surface area (TPSA) is 39.1 Å². The van der Waals surface area contributed by atoms with Crippen molar-refractivity contribution < 1.29 is 0 Å². The molecule has 0 aromatic rings. The number of nitriles is 1. The van der Waals surface area contributed by atoms with E-state index in [2.05, 4.69) is 30.3 Å². The Kier molecular flexibility index (Phi) is 4.64. The molecule has 2 saturated carbocycles. The van der Waals surface area contributed by atoms with Crippen LogP contribution in [-0.4, -0.2) is 36.6 Å². The highest BCUT2D eigenvalue weighted by Crippen LogP contribution is 2.34. The van der Waals surface area contributed by atoms with E-state index in [1.807, 2.05) is 0 Å². The fourth-order valence-electron chi connectivity index (χ4n) is 3.29. The SMILES string of the molecule is CCCNC1(C#N)CCC(N(C)CC2CCC2)C1. The average Bonchev–Trinajstić information content (AvgIpc) is 2.76. The third kappa shape index (κ3) is 3.05. The molecule has 102 valence electrons. The second-order valence-electron chi connectivity index (χ2n) is 6.25. The lowest BCUT2D eigenvalue weighted by molar-refractivity contribution is 0.159. The molecule has 0 aliphatic heterocycles. The van der Waals surface area contributed by atoms with Crippen LogP contribution < -0.4 is 5.32 Å². The molecule has 18 heavy (non-hydrogen) atoms. The fraction of sp³-hybridized carbons (Fsp3) is 0.933. The summed E-state index contributed by atoms with van der Waals surface area (Å²) in [5.41, 5.74) is -0.242. The van der Waals surface area contributed by atoms with Crippen molar-refractivity contribution in [2.45, 2.75) is 63.5 Å². The highest BCUT2D eigenvalue weighted by Gasteiger charge is 2.40. The molecule has 2 unspecified atom stereocenters. The van der Waals surface area contributed by atoms with Gasteiger partial charge in [-0.25, -0.2) is 0 Å². The Morgan fingerprint density at radius 1 is 1.39 bits per heavy atom. The lowest BCUT2D eigenvalue weighted by Crippen LogP contribution is -2.44. The van der Waals surface area contributed by atoms with E-state index in [9.17, 15) is 5.26 Å². The third-order valence-electron chi connectivity index (χ3n) is 4.81. The summed E-state index contributed by atoms with van der Waals surface area (Å²) >= 11 is 0. The number of hydrogen-bond donors (Lipinski definition) is 1. The second kappa shape index (κ2) is 6.04. The summed E-state index contributed by atoms with van der Waals surface area (Å²) in [5.74, 6) is 0.927. The molecule has 3 heteroatoms. The molecule has 3 nitrogen and oxygen atoms in total. The predicted molar refractivity (Wildman–Crippen MR) is 74.2 cm³/mol. The van der Waals surface area contributed by atoms with E-state index in [1.54, 1.807) is 0 Å². The maximum Gasteiger partial charge on any atom is 0.108 e. The molecule has 2 fully saturated rings. The van der Waals surface area contributed by atoms with Gasteiger partial charge in [-0.3, -0.25) is 5.32 Å². The van der Waals surface area contributed by atoms with Crippen molar-refractivity contribution in [3.05, 3.63) is 0 Å². The molecule has 0 spiro atoms. The monoisotopic (exact) mass is 249 g/mol. The minimum Gasteiger partial charge on any atom is -0.303 e. The van der Waals surface area contributed by atoms with Crippen LogP contribution in [0.1, 0.15) is 51.9 Å². The van der Waals surface area contributed by atoms with Crippen LogP contribution in [0.15, 0.2) is 0 Å². The summed E-state index contributed by atoms with van der Waals surface area (Å²) in [6.07, 6.45) is 8.54. The van der Waals surface area contributed by atoms with Gasteiger partial charge in [0.15, 0.2) is 0 Å². The molecule has 0 bridgehead atoms. The highest BCUT2D eigenvalue weighted by atomic mass is 15.1. The van der Waals surface area contributed by atoms with Gasteiger partial charge >= 0.3 is 0 Å². The lowest BCUT2D eigenvalue weighted by atomic mass is 9.85. The van der Waals surface area contributed by atoms with E-state index < -0.39 is 0 Å². The van der Waals surface area contributed by atoms with E-state index >= 15 is 0 Å². The first-order valence-electron chi connectivity index (χ1n) is 7.55. The molecule has 0 saturated heterocycles. The van der Waals surface area contributed by atoms with E-state index in [1.165, 1.54) is 32.2 Å². The summed E-state index contributed by atoms with van der Waals surface area (Å²) in [5, 5.41) is 12.9. The Balaban J connectivity index is 1.83. The minimum atomic E-state index is -0.242. The van der Waals surface area contributed by atoms with E-state index in [0.29, 0.717) is 6.04 Å². The van der Waals surface area contributed by atoms with Crippen molar-refractivity contribution in [2.24, 2.45) is 5.92 Å². The lowest BCUT2D eigenvalue weighted by Gasteiger charge is -2.34. The summed E-state index contributed by atoms with van der Waals surface area (Å²) < 4.78 is 0. The molecule has 2 rings (SSSR count). The van der Waals surface area contributed by atoms with Crippen molar-refractivity contribution in [1.82, 2.24) is 10.2 Å². The van der Waals surface area contributed by atoms with Gasteiger partial charge in [-0.15, -0.1) is 0 Å². The Hall–Kier alpha value is -0.590. The third-order valence-corrected chi connectivity index (χ3v) is 4.81. The second-order valence-corrected chi connectivity index (χ2v) is 6.25. The standard InChI is InChI=1S/C15H27N3/c1-3-9-17-15(12-16)8-7-14(10-15)18(2)11-13-5-4-6-13/h13-14,17H,3-11H2,1-2H3. The largest absolute Gasteiger partial charge is 0.303 e. The zero-order valence-electron chi connectivity index (χ0n) is 11.9. The molecular weight excluding hydrogens is 222 g/mol. The van der Waals surface area contributed by atoms with Gasteiger partial charge < -0.3 is 4.90 Å². The van der Waals surface area contributed by atoms with Crippen LogP contribution >= 0.6 is 0 Å². The van der Waals surface area contributed by atoms with E-state index in [-0.39, 0.29) is 5.54 Å². The van der Waals surface area contributed by atoms with Crippen molar-refractivity contribution in [2.75, 3.05) is 20.1 Å². The highest BCUT2D eigenvalue weighted by molar-refractivity contribution is 5.13. The summed E-state index contributed by atoms with van der Waals surface area (Å²) in [6.45, 7) is 4.36. The molecule has 2 aliphatic carbocycles. The smallest absolute Gasteiger partial charge is 0.108 e. The molecule has 0 radical (unpaired) electrons. The zero-order chi connectivity index (χ0) is 13.0. The van der Waals surface area contributed by atoms with Crippen LogP contribution in [0.5, 0.6) is 0 Å². The molecule has 1 N–H and O–H groups in total. The maximum absolute atomic E-state index is 9.45. The molecule has 2 atom stereocenters. The van der Waals surface area contributed by atoms with Crippen molar-refractivity contribution in [3.8, 4) is 6.07 Å². The van der Waals surface area contributed by atoms with Gasteiger partial charge in [0, 0.05) is 12.6 Å². The fourth-order valence-corrected chi connectivity index (χ4v) is 3.29. The molecular formula is C15H27N3. The van der Waals surface area contributed by atoms with Crippen molar-refractivity contribution >= 4 is 0 Å². The zero-order valence-corrected chi connectivity index (χ0v) is 11.9. The first kappa shape index (κ1) is 13.8. The number of hydrogen-bond acceptors (Lipinski definition) is 3. The van der Waals surface area contributed by atoms with Crippen LogP contribution in [0, 0.1) is 17.2 Å². The van der Waals surface area contributed by atoms with Crippen LogP contribution in [0.4, 0.5) is 0 Å². The van der Waals surface area contributed by atoms with Gasteiger partial charge in [0.05, 0.1) is 6.07 Å². The Labute approximate surface area is 112 Å². The Morgan fingerprint density at radius 2 is 2.17 bits per heavy atom. The Morgan fingerprint density at radius 3 is 2.72 bits per heavy atom. The van der Waals surface area contributed by atoms with Gasteiger partial charge in [-0.2, -0.15) is 5.26 Å². The summed E-state index contributed by atoms with van der Waals surface area (Å²) in [7, 11) is 2.25. The van der Waals surface area contributed by atoms with E-state index in [4.69, 9.17) is 0 Å². The van der Waals surface area contributed by atoms with Crippen LogP contribution in [-0.2, 0) is 0 Å². The predicted octanol–water partition coefficient (Wildman–Crippen LogP) is 2.53. The molecule has 0 heterocycles. The van der Waals surface area contributed by atoms with Crippen LogP contribution in [0.2, 0.25) is 0 Å². The quantitative estimate of drug-likeness (QED) is 0.786. The molecule has 0 aromatic carbocycles. The minimum absolute atomic E-state index is 0.242. The number of nitrogens with one attached hydrogen (secondary N) is 1. The molecule has 0 amide bonds. The van der Waals surface area contributed by atoms with Crippen LogP contribution in [0.3, 0.4) is 0 Å². The van der Waals surface area contributed by atoms with Crippen molar-refractivity contribution in [3.63, 3.8) is 0 Å². The van der Waals surface area contributed by atoms with Crippen molar-refractivity contribution in [1.29, 1.82) is 5.26 Å². The van der Waals surface area contributed by atoms with Gasteiger partial charge in [-0.05, 0) is 58.0 Å². The van der Waals surface area contributed by atoms with Gasteiger partial charge in [0.25, 0.3) is 0 Å². The van der Waals surface area contributed by atoms with Gasteiger partial charge in [-0.1, -0.05) is 13.3 Å². The molecule has 2 aliphatic rings. The summed E-state index contributed by atoms with van der Waals surface area (Å²) in [6, 6.07) is 3.15. The maximum atomic E-state index is 9.45. The summed E-state index contributed by atoms with van der Waals surface area (Å²) in [4.78, 5) is 2.51. The van der Waals surface area contributed by atoms with Gasteiger partial charge in [0.2, 0.25) is 0 Å².